The summed E-state index contributed by atoms with van der Waals surface area (Å²) < 4.78 is 4.70. The SMILES string of the molecule is C=COC(=O)CCCCCCCCCCCCCCCCCC(C)(C)C. The zero-order chi connectivity index (χ0) is 19.5. The Morgan fingerprint density at radius 1 is 0.692 bits per heavy atom. The van der Waals surface area contributed by atoms with Crippen LogP contribution in [-0.4, -0.2) is 5.97 Å². The van der Waals surface area contributed by atoms with Gasteiger partial charge in [-0.25, -0.2) is 0 Å². The van der Waals surface area contributed by atoms with Gasteiger partial charge in [0.15, 0.2) is 0 Å². The zero-order valence-electron chi connectivity index (χ0n) is 18.1. The molecule has 26 heavy (non-hydrogen) atoms. The molecule has 0 saturated heterocycles. The average molecular weight is 367 g/mol. The minimum atomic E-state index is -0.148. The molecule has 0 spiro atoms. The Bertz CT molecular complexity index is 328. The van der Waals surface area contributed by atoms with E-state index in [2.05, 4.69) is 27.4 Å². The van der Waals surface area contributed by atoms with Crippen LogP contribution in [0.15, 0.2) is 12.8 Å². The fourth-order valence-corrected chi connectivity index (χ4v) is 3.37. The second-order valence-corrected chi connectivity index (χ2v) is 9.02. The van der Waals surface area contributed by atoms with E-state index in [1.165, 1.54) is 96.2 Å². The first kappa shape index (κ1) is 25.2. The Hall–Kier alpha value is -0.790. The van der Waals surface area contributed by atoms with E-state index in [4.69, 9.17) is 4.74 Å². The van der Waals surface area contributed by atoms with E-state index in [9.17, 15) is 4.79 Å². The van der Waals surface area contributed by atoms with Crippen LogP contribution in [0.5, 0.6) is 0 Å². The molecule has 0 radical (unpaired) electrons. The summed E-state index contributed by atoms with van der Waals surface area (Å²) in [4.78, 5) is 11.1. The van der Waals surface area contributed by atoms with Gasteiger partial charge in [0, 0.05) is 6.42 Å². The van der Waals surface area contributed by atoms with E-state index in [1.54, 1.807) is 0 Å². The highest BCUT2D eigenvalue weighted by molar-refractivity contribution is 5.69. The molecule has 0 heterocycles. The lowest BCUT2D eigenvalue weighted by Gasteiger charge is -2.17. The molecule has 0 amide bonds. The summed E-state index contributed by atoms with van der Waals surface area (Å²) in [5.41, 5.74) is 0.513. The van der Waals surface area contributed by atoms with Crippen LogP contribution in [0.3, 0.4) is 0 Å². The maximum atomic E-state index is 11.1. The van der Waals surface area contributed by atoms with Crippen LogP contribution in [0.25, 0.3) is 0 Å². The second-order valence-electron chi connectivity index (χ2n) is 9.02. The molecule has 154 valence electrons. The van der Waals surface area contributed by atoms with Crippen LogP contribution < -0.4 is 0 Å². The van der Waals surface area contributed by atoms with Crippen molar-refractivity contribution in [3.8, 4) is 0 Å². The Morgan fingerprint density at radius 2 is 1.04 bits per heavy atom. The third-order valence-electron chi connectivity index (χ3n) is 5.02. The number of carbonyl (C=O) groups is 1. The number of rotatable bonds is 18. The van der Waals surface area contributed by atoms with Crippen LogP contribution in [0.4, 0.5) is 0 Å². The number of hydrogen-bond donors (Lipinski definition) is 0. The van der Waals surface area contributed by atoms with Crippen LogP contribution in [0, 0.1) is 5.41 Å². The molecule has 0 aliphatic rings. The average Bonchev–Trinajstić information content (AvgIpc) is 2.57. The van der Waals surface area contributed by atoms with Crippen molar-refractivity contribution >= 4 is 5.97 Å². The molecule has 0 rings (SSSR count). The first-order valence-electron chi connectivity index (χ1n) is 11.3. The van der Waals surface area contributed by atoms with Crippen molar-refractivity contribution in [2.45, 2.75) is 130 Å². The van der Waals surface area contributed by atoms with Crippen LogP contribution in [-0.2, 0) is 9.53 Å². The number of unbranched alkanes of at least 4 members (excludes halogenated alkanes) is 14. The minimum absolute atomic E-state index is 0.148. The third-order valence-corrected chi connectivity index (χ3v) is 5.02. The van der Waals surface area contributed by atoms with E-state index in [0.29, 0.717) is 11.8 Å². The molecule has 0 N–H and O–H groups in total. The Kier molecular flexibility index (Phi) is 17.1. The third kappa shape index (κ3) is 21.3. The van der Waals surface area contributed by atoms with Gasteiger partial charge in [0.05, 0.1) is 6.26 Å². The van der Waals surface area contributed by atoms with E-state index in [0.717, 1.165) is 12.8 Å². The van der Waals surface area contributed by atoms with Crippen LogP contribution in [0.1, 0.15) is 130 Å². The smallest absolute Gasteiger partial charge is 0.310 e. The first-order chi connectivity index (χ1) is 12.5. The highest BCUT2D eigenvalue weighted by atomic mass is 16.5. The number of carbonyl (C=O) groups excluding carboxylic acids is 1. The van der Waals surface area contributed by atoms with Gasteiger partial charge >= 0.3 is 5.97 Å². The van der Waals surface area contributed by atoms with Crippen molar-refractivity contribution in [3.63, 3.8) is 0 Å². The molecule has 0 bridgehead atoms. The maximum absolute atomic E-state index is 11.1. The lowest BCUT2D eigenvalue weighted by Crippen LogP contribution is -2.03. The predicted octanol–water partition coefficient (Wildman–Crippen LogP) is 8.35. The fourth-order valence-electron chi connectivity index (χ4n) is 3.37. The van der Waals surface area contributed by atoms with Gasteiger partial charge in [0.1, 0.15) is 0 Å². The van der Waals surface area contributed by atoms with Gasteiger partial charge in [0.2, 0.25) is 0 Å². The Morgan fingerprint density at radius 3 is 1.38 bits per heavy atom. The number of ether oxygens (including phenoxy) is 1. The molecule has 0 aromatic rings. The normalized spacial score (nSPS) is 11.5. The molecular weight excluding hydrogens is 320 g/mol. The van der Waals surface area contributed by atoms with Gasteiger partial charge in [-0.1, -0.05) is 117 Å². The van der Waals surface area contributed by atoms with Crippen molar-refractivity contribution in [2.24, 2.45) is 5.41 Å². The molecule has 2 heteroatoms. The van der Waals surface area contributed by atoms with Gasteiger partial charge in [-0.15, -0.1) is 0 Å². The van der Waals surface area contributed by atoms with Gasteiger partial charge in [-0.05, 0) is 18.3 Å². The van der Waals surface area contributed by atoms with E-state index in [1.807, 2.05) is 0 Å². The molecule has 0 saturated carbocycles. The predicted molar refractivity (Wildman–Crippen MR) is 114 cm³/mol. The quantitative estimate of drug-likeness (QED) is 0.138. The molecule has 0 aromatic carbocycles. The highest BCUT2D eigenvalue weighted by Crippen LogP contribution is 2.22. The van der Waals surface area contributed by atoms with E-state index < -0.39 is 0 Å². The van der Waals surface area contributed by atoms with Gasteiger partial charge in [-0.2, -0.15) is 0 Å². The lowest BCUT2D eigenvalue weighted by atomic mass is 9.89. The van der Waals surface area contributed by atoms with Crippen molar-refractivity contribution in [2.75, 3.05) is 0 Å². The zero-order valence-corrected chi connectivity index (χ0v) is 18.1. The van der Waals surface area contributed by atoms with Gasteiger partial charge in [-0.3, -0.25) is 4.79 Å². The Balaban J connectivity index is 3.09. The van der Waals surface area contributed by atoms with Crippen LogP contribution in [0.2, 0.25) is 0 Å². The van der Waals surface area contributed by atoms with E-state index >= 15 is 0 Å². The summed E-state index contributed by atoms with van der Waals surface area (Å²) in [6.07, 6.45) is 23.3. The molecule has 0 unspecified atom stereocenters. The van der Waals surface area contributed by atoms with Crippen LogP contribution >= 0.6 is 0 Å². The largest absolute Gasteiger partial charge is 0.435 e. The molecule has 0 aliphatic heterocycles. The van der Waals surface area contributed by atoms with Crippen molar-refractivity contribution in [1.82, 2.24) is 0 Å². The fraction of sp³-hybridized carbons (Fsp3) is 0.875. The summed E-state index contributed by atoms with van der Waals surface area (Å²) in [6, 6.07) is 0. The molecule has 2 nitrogen and oxygen atoms in total. The van der Waals surface area contributed by atoms with Gasteiger partial charge in [0.25, 0.3) is 0 Å². The molecule has 0 fully saturated rings. The maximum Gasteiger partial charge on any atom is 0.310 e. The number of hydrogen-bond acceptors (Lipinski definition) is 2. The molecule has 0 aliphatic carbocycles. The molecule has 0 atom stereocenters. The first-order valence-corrected chi connectivity index (χ1v) is 11.3. The summed E-state index contributed by atoms with van der Waals surface area (Å²) in [7, 11) is 0. The van der Waals surface area contributed by atoms with Crippen molar-refractivity contribution < 1.29 is 9.53 Å². The molecular formula is C24H46O2. The summed E-state index contributed by atoms with van der Waals surface area (Å²) >= 11 is 0. The lowest BCUT2D eigenvalue weighted by molar-refractivity contribution is -0.138. The topological polar surface area (TPSA) is 26.3 Å². The Labute approximate surface area is 164 Å². The molecule has 0 aromatic heterocycles. The standard InChI is InChI=1S/C24H46O2/c1-5-26-23(25)21-19-17-15-13-11-9-7-6-8-10-12-14-16-18-20-22-24(2,3)4/h5H,1,6-22H2,2-4H3. The summed E-state index contributed by atoms with van der Waals surface area (Å²) in [5.74, 6) is -0.148. The van der Waals surface area contributed by atoms with E-state index in [-0.39, 0.29) is 5.97 Å². The summed E-state index contributed by atoms with van der Waals surface area (Å²) in [6.45, 7) is 10.4. The van der Waals surface area contributed by atoms with Crippen molar-refractivity contribution in [1.29, 1.82) is 0 Å². The van der Waals surface area contributed by atoms with Crippen molar-refractivity contribution in [3.05, 3.63) is 12.8 Å². The number of esters is 1. The highest BCUT2D eigenvalue weighted by Gasteiger charge is 2.08. The minimum Gasteiger partial charge on any atom is -0.435 e. The monoisotopic (exact) mass is 366 g/mol. The second kappa shape index (κ2) is 17.6. The van der Waals surface area contributed by atoms with Gasteiger partial charge < -0.3 is 4.74 Å². The summed E-state index contributed by atoms with van der Waals surface area (Å²) in [5, 5.41) is 0.